The van der Waals surface area contributed by atoms with Gasteiger partial charge in [0.25, 0.3) is 0 Å². The summed E-state index contributed by atoms with van der Waals surface area (Å²) in [5, 5.41) is 10.1. The topological polar surface area (TPSA) is 55.5 Å². The summed E-state index contributed by atoms with van der Waals surface area (Å²) in [7, 11) is 1.52. The van der Waals surface area contributed by atoms with Crippen LogP contribution in [0.1, 0.15) is 31.2 Å². The monoisotopic (exact) mass is 241 g/mol. The third-order valence-corrected chi connectivity index (χ3v) is 3.62. The first-order valence-corrected chi connectivity index (χ1v) is 5.81. The molecule has 0 heterocycles. The van der Waals surface area contributed by atoms with Crippen molar-refractivity contribution in [1.82, 2.24) is 0 Å². The van der Waals surface area contributed by atoms with E-state index in [-0.39, 0.29) is 11.3 Å². The number of nitrogens with two attached hydrogens (primary N) is 1. The average Bonchev–Trinajstić information content (AvgIpc) is 2.70. The Bertz CT molecular complexity index is 400. The van der Waals surface area contributed by atoms with Crippen LogP contribution in [0.2, 0.25) is 5.02 Å². The van der Waals surface area contributed by atoms with Crippen LogP contribution >= 0.6 is 11.6 Å². The molecule has 0 saturated heterocycles. The van der Waals surface area contributed by atoms with Crippen molar-refractivity contribution in [3.05, 3.63) is 22.7 Å². The molecule has 0 atom stereocenters. The standard InChI is InChI=1S/C12H16ClNO2/c1-16-11-8(4-5-9(13)10(11)15)12(14)6-2-3-7-12/h4-5,15H,2-3,6-7,14H2,1H3. The Morgan fingerprint density at radius 1 is 1.38 bits per heavy atom. The molecule has 1 aliphatic rings. The van der Waals surface area contributed by atoms with Gasteiger partial charge in [-0.3, -0.25) is 0 Å². The maximum Gasteiger partial charge on any atom is 0.177 e. The van der Waals surface area contributed by atoms with Crippen LogP contribution in [0.5, 0.6) is 11.5 Å². The normalized spacial score (nSPS) is 18.7. The smallest absolute Gasteiger partial charge is 0.177 e. The van der Waals surface area contributed by atoms with Crippen LogP contribution in [-0.2, 0) is 5.54 Å². The Kier molecular flexibility index (Phi) is 3.00. The molecule has 0 unspecified atom stereocenters. The van der Waals surface area contributed by atoms with Crippen LogP contribution in [0.4, 0.5) is 0 Å². The first kappa shape index (κ1) is 11.6. The summed E-state index contributed by atoms with van der Waals surface area (Å²) in [5.74, 6) is 0.398. The van der Waals surface area contributed by atoms with E-state index < -0.39 is 0 Å². The summed E-state index contributed by atoms with van der Waals surface area (Å²) in [5.41, 5.74) is 6.82. The maximum absolute atomic E-state index is 9.84. The van der Waals surface area contributed by atoms with Crippen molar-refractivity contribution < 1.29 is 9.84 Å². The third kappa shape index (κ3) is 1.74. The molecular weight excluding hydrogens is 226 g/mol. The molecule has 4 heteroatoms. The molecule has 0 amide bonds. The molecule has 1 aromatic rings. The van der Waals surface area contributed by atoms with E-state index in [4.69, 9.17) is 22.1 Å². The molecule has 3 N–H and O–H groups in total. The average molecular weight is 242 g/mol. The van der Waals surface area contributed by atoms with Crippen LogP contribution in [0.3, 0.4) is 0 Å². The summed E-state index contributed by atoms with van der Waals surface area (Å²) in [6, 6.07) is 3.52. The van der Waals surface area contributed by atoms with Gasteiger partial charge in [0.05, 0.1) is 12.1 Å². The Labute approximate surface area is 100 Å². The van der Waals surface area contributed by atoms with E-state index in [1.165, 1.54) is 7.11 Å². The largest absolute Gasteiger partial charge is 0.503 e. The number of hydrogen-bond acceptors (Lipinski definition) is 3. The van der Waals surface area contributed by atoms with E-state index in [0.29, 0.717) is 10.8 Å². The Morgan fingerprint density at radius 3 is 2.56 bits per heavy atom. The van der Waals surface area contributed by atoms with Crippen molar-refractivity contribution in [3.8, 4) is 11.5 Å². The van der Waals surface area contributed by atoms with Crippen LogP contribution in [0.25, 0.3) is 0 Å². The fourth-order valence-corrected chi connectivity index (χ4v) is 2.57. The SMILES string of the molecule is COc1c(C2(N)CCCC2)ccc(Cl)c1O. The number of phenols is 1. The van der Waals surface area contributed by atoms with E-state index in [1.807, 2.05) is 6.07 Å². The van der Waals surface area contributed by atoms with E-state index in [9.17, 15) is 5.11 Å². The number of aromatic hydroxyl groups is 1. The van der Waals surface area contributed by atoms with Gasteiger partial charge in [-0.25, -0.2) is 0 Å². The van der Waals surface area contributed by atoms with Gasteiger partial charge in [-0.1, -0.05) is 30.5 Å². The van der Waals surface area contributed by atoms with Gasteiger partial charge in [0.2, 0.25) is 0 Å². The summed E-state index contributed by atoms with van der Waals surface area (Å²) in [6.45, 7) is 0. The minimum Gasteiger partial charge on any atom is -0.503 e. The lowest BCUT2D eigenvalue weighted by Crippen LogP contribution is -2.33. The van der Waals surface area contributed by atoms with Gasteiger partial charge >= 0.3 is 0 Å². The molecule has 1 fully saturated rings. The van der Waals surface area contributed by atoms with Crippen molar-refractivity contribution in [3.63, 3.8) is 0 Å². The van der Waals surface area contributed by atoms with Gasteiger partial charge in [-0.15, -0.1) is 0 Å². The van der Waals surface area contributed by atoms with Crippen molar-refractivity contribution in [2.45, 2.75) is 31.2 Å². The lowest BCUT2D eigenvalue weighted by Gasteiger charge is -2.26. The van der Waals surface area contributed by atoms with Gasteiger partial charge in [0.1, 0.15) is 0 Å². The molecule has 0 radical (unpaired) electrons. The summed E-state index contributed by atoms with van der Waals surface area (Å²) in [6.07, 6.45) is 4.07. The highest BCUT2D eigenvalue weighted by atomic mass is 35.5. The fraction of sp³-hybridized carbons (Fsp3) is 0.500. The summed E-state index contributed by atoms with van der Waals surface area (Å²) in [4.78, 5) is 0. The van der Waals surface area contributed by atoms with Gasteiger partial charge in [-0.2, -0.15) is 0 Å². The molecule has 16 heavy (non-hydrogen) atoms. The van der Waals surface area contributed by atoms with Crippen LogP contribution < -0.4 is 10.5 Å². The highest BCUT2D eigenvalue weighted by Gasteiger charge is 2.35. The van der Waals surface area contributed by atoms with Gasteiger partial charge < -0.3 is 15.6 Å². The Morgan fingerprint density at radius 2 is 2.00 bits per heavy atom. The highest BCUT2D eigenvalue weighted by Crippen LogP contribution is 2.46. The number of phenolic OH excluding ortho intramolecular Hbond substituents is 1. The van der Waals surface area contributed by atoms with Gasteiger partial charge in [0.15, 0.2) is 11.5 Å². The van der Waals surface area contributed by atoms with Gasteiger partial charge in [-0.05, 0) is 18.9 Å². The first-order valence-electron chi connectivity index (χ1n) is 5.43. The zero-order valence-electron chi connectivity index (χ0n) is 9.29. The number of halogens is 1. The lowest BCUT2D eigenvalue weighted by atomic mass is 9.88. The van der Waals surface area contributed by atoms with Crippen LogP contribution in [0.15, 0.2) is 12.1 Å². The van der Waals surface area contributed by atoms with E-state index >= 15 is 0 Å². The molecule has 0 spiro atoms. The molecular formula is C12H16ClNO2. The molecule has 88 valence electrons. The quantitative estimate of drug-likeness (QED) is 0.837. The molecule has 1 aliphatic carbocycles. The zero-order chi connectivity index (χ0) is 11.8. The summed E-state index contributed by atoms with van der Waals surface area (Å²) < 4.78 is 5.22. The number of methoxy groups -OCH3 is 1. The van der Waals surface area contributed by atoms with Crippen LogP contribution in [-0.4, -0.2) is 12.2 Å². The summed E-state index contributed by atoms with van der Waals surface area (Å²) >= 11 is 5.85. The van der Waals surface area contributed by atoms with Crippen molar-refractivity contribution in [2.24, 2.45) is 5.73 Å². The predicted molar refractivity (Wildman–Crippen MR) is 64.0 cm³/mol. The molecule has 1 saturated carbocycles. The van der Waals surface area contributed by atoms with Crippen molar-refractivity contribution in [1.29, 1.82) is 0 Å². The van der Waals surface area contributed by atoms with E-state index in [2.05, 4.69) is 0 Å². The molecule has 0 bridgehead atoms. The lowest BCUT2D eigenvalue weighted by molar-refractivity contribution is 0.349. The number of hydrogen-bond donors (Lipinski definition) is 2. The number of rotatable bonds is 2. The third-order valence-electron chi connectivity index (χ3n) is 3.32. The minimum atomic E-state index is -0.382. The zero-order valence-corrected chi connectivity index (χ0v) is 10.0. The predicted octanol–water partition coefficient (Wildman–Crippen LogP) is 2.78. The molecule has 0 aliphatic heterocycles. The second kappa shape index (κ2) is 4.15. The maximum atomic E-state index is 9.84. The van der Waals surface area contributed by atoms with Crippen molar-refractivity contribution >= 4 is 11.6 Å². The highest BCUT2D eigenvalue weighted by molar-refractivity contribution is 6.32. The minimum absolute atomic E-state index is 0.0154. The van der Waals surface area contributed by atoms with Crippen molar-refractivity contribution in [2.75, 3.05) is 7.11 Å². The second-order valence-corrected chi connectivity index (χ2v) is 4.75. The molecule has 3 nitrogen and oxygen atoms in total. The first-order chi connectivity index (χ1) is 7.58. The fourth-order valence-electron chi connectivity index (χ4n) is 2.42. The van der Waals surface area contributed by atoms with Gasteiger partial charge in [0, 0.05) is 11.1 Å². The molecule has 2 rings (SSSR count). The van der Waals surface area contributed by atoms with E-state index in [0.717, 1.165) is 31.2 Å². The Hall–Kier alpha value is -0.930. The number of benzene rings is 1. The molecule has 1 aromatic carbocycles. The molecule has 0 aromatic heterocycles. The van der Waals surface area contributed by atoms with E-state index in [1.54, 1.807) is 6.07 Å². The van der Waals surface area contributed by atoms with Crippen LogP contribution in [0, 0.1) is 0 Å². The second-order valence-electron chi connectivity index (χ2n) is 4.34. The Balaban J connectivity index is 2.52. The number of ether oxygens (including phenoxy) is 1.